The van der Waals surface area contributed by atoms with Crippen LogP contribution in [-0.2, 0) is 0 Å². The average Bonchev–Trinajstić information content (AvgIpc) is 2.34. The molecule has 0 radical (unpaired) electrons. The maximum atomic E-state index is 13.5. The SMILES string of the molecule is Nc1ncc(Cl)cc1C(O)c1cc(F)ccc1F. The summed E-state index contributed by atoms with van der Waals surface area (Å²) in [5.41, 5.74) is 5.48. The number of nitrogens with zero attached hydrogens (tertiary/aromatic N) is 1. The summed E-state index contributed by atoms with van der Waals surface area (Å²) in [7, 11) is 0. The van der Waals surface area contributed by atoms with Crippen molar-refractivity contribution in [3.05, 3.63) is 58.2 Å². The van der Waals surface area contributed by atoms with E-state index in [1.165, 1.54) is 12.3 Å². The number of anilines is 1. The van der Waals surface area contributed by atoms with Crippen molar-refractivity contribution >= 4 is 17.4 Å². The van der Waals surface area contributed by atoms with Gasteiger partial charge in [-0.25, -0.2) is 13.8 Å². The van der Waals surface area contributed by atoms with Gasteiger partial charge in [-0.1, -0.05) is 11.6 Å². The van der Waals surface area contributed by atoms with E-state index in [2.05, 4.69) is 4.98 Å². The van der Waals surface area contributed by atoms with Gasteiger partial charge in [0.2, 0.25) is 0 Å². The minimum Gasteiger partial charge on any atom is -0.383 e. The van der Waals surface area contributed by atoms with Crippen LogP contribution < -0.4 is 5.73 Å². The third-order valence-electron chi connectivity index (χ3n) is 2.46. The molecular weight excluding hydrogens is 262 g/mol. The molecule has 0 spiro atoms. The lowest BCUT2D eigenvalue weighted by molar-refractivity contribution is 0.214. The van der Waals surface area contributed by atoms with Crippen LogP contribution in [0.3, 0.4) is 0 Å². The Hall–Kier alpha value is -1.72. The molecule has 0 aliphatic carbocycles. The van der Waals surface area contributed by atoms with Crippen molar-refractivity contribution in [1.29, 1.82) is 0 Å². The molecule has 0 aliphatic heterocycles. The fraction of sp³-hybridized carbons (Fsp3) is 0.0833. The maximum absolute atomic E-state index is 13.5. The third-order valence-corrected chi connectivity index (χ3v) is 2.67. The van der Waals surface area contributed by atoms with Gasteiger partial charge in [-0.05, 0) is 24.3 Å². The minimum absolute atomic E-state index is 0.00978. The first kappa shape index (κ1) is 12.7. The summed E-state index contributed by atoms with van der Waals surface area (Å²) in [4.78, 5) is 3.75. The Morgan fingerprint density at radius 1 is 1.22 bits per heavy atom. The van der Waals surface area contributed by atoms with E-state index in [-0.39, 0.29) is 22.0 Å². The molecule has 0 aliphatic rings. The van der Waals surface area contributed by atoms with E-state index in [0.29, 0.717) is 0 Å². The predicted octanol–water partition coefficient (Wildman–Crippen LogP) is 2.68. The Labute approximate surface area is 107 Å². The van der Waals surface area contributed by atoms with Crippen molar-refractivity contribution in [2.45, 2.75) is 6.10 Å². The van der Waals surface area contributed by atoms with Crippen LogP contribution in [0, 0.1) is 11.6 Å². The van der Waals surface area contributed by atoms with Gasteiger partial charge in [0.25, 0.3) is 0 Å². The molecule has 1 aromatic heterocycles. The number of aromatic nitrogens is 1. The fourth-order valence-electron chi connectivity index (χ4n) is 1.58. The normalized spacial score (nSPS) is 12.4. The summed E-state index contributed by atoms with van der Waals surface area (Å²) in [6, 6.07) is 4.16. The molecule has 18 heavy (non-hydrogen) atoms. The number of aliphatic hydroxyl groups excluding tert-OH is 1. The predicted molar refractivity (Wildman–Crippen MR) is 64.1 cm³/mol. The van der Waals surface area contributed by atoms with E-state index in [1.807, 2.05) is 0 Å². The first-order valence-electron chi connectivity index (χ1n) is 5.03. The van der Waals surface area contributed by atoms with Crippen molar-refractivity contribution < 1.29 is 13.9 Å². The van der Waals surface area contributed by atoms with Crippen molar-refractivity contribution in [2.24, 2.45) is 0 Å². The van der Waals surface area contributed by atoms with Gasteiger partial charge in [0, 0.05) is 17.3 Å². The van der Waals surface area contributed by atoms with Crippen molar-refractivity contribution in [1.82, 2.24) is 4.98 Å². The van der Waals surface area contributed by atoms with Gasteiger partial charge in [0.05, 0.1) is 5.02 Å². The van der Waals surface area contributed by atoms with Gasteiger partial charge >= 0.3 is 0 Å². The van der Waals surface area contributed by atoms with Crippen LogP contribution in [0.1, 0.15) is 17.2 Å². The molecule has 1 aromatic carbocycles. The highest BCUT2D eigenvalue weighted by Gasteiger charge is 2.19. The second-order valence-electron chi connectivity index (χ2n) is 3.70. The second kappa shape index (κ2) is 4.88. The lowest BCUT2D eigenvalue weighted by Crippen LogP contribution is -2.07. The van der Waals surface area contributed by atoms with Gasteiger partial charge < -0.3 is 10.8 Å². The van der Waals surface area contributed by atoms with Gasteiger partial charge in [0.1, 0.15) is 23.6 Å². The standard InChI is InChI=1S/C12H9ClF2N2O/c13-6-3-9(12(16)17-5-6)11(18)8-4-7(14)1-2-10(8)15/h1-5,11,18H,(H2,16,17). The summed E-state index contributed by atoms with van der Waals surface area (Å²) in [5.74, 6) is -1.38. The summed E-state index contributed by atoms with van der Waals surface area (Å²) >= 11 is 5.72. The first-order chi connectivity index (χ1) is 8.49. The smallest absolute Gasteiger partial charge is 0.129 e. The molecule has 1 heterocycles. The molecule has 2 aromatic rings. The van der Waals surface area contributed by atoms with E-state index in [1.54, 1.807) is 0 Å². The number of pyridine rings is 1. The zero-order valence-corrected chi connectivity index (χ0v) is 9.83. The maximum Gasteiger partial charge on any atom is 0.129 e. The second-order valence-corrected chi connectivity index (χ2v) is 4.13. The van der Waals surface area contributed by atoms with Crippen LogP contribution in [0.15, 0.2) is 30.5 Å². The highest BCUT2D eigenvalue weighted by atomic mass is 35.5. The number of benzene rings is 1. The molecule has 0 bridgehead atoms. The fourth-order valence-corrected chi connectivity index (χ4v) is 1.74. The zero-order valence-electron chi connectivity index (χ0n) is 9.07. The van der Waals surface area contributed by atoms with Gasteiger partial charge in [-0.2, -0.15) is 0 Å². The molecule has 3 N–H and O–H groups in total. The van der Waals surface area contributed by atoms with E-state index in [4.69, 9.17) is 17.3 Å². The number of hydrogen-bond donors (Lipinski definition) is 2. The Bertz CT molecular complexity index is 541. The Balaban J connectivity index is 2.50. The molecule has 0 saturated carbocycles. The molecule has 0 saturated heterocycles. The van der Waals surface area contributed by atoms with Crippen LogP contribution in [0.4, 0.5) is 14.6 Å². The summed E-state index contributed by atoms with van der Waals surface area (Å²) in [5, 5.41) is 10.3. The molecule has 1 atom stereocenters. The number of nitrogen functional groups attached to an aromatic ring is 1. The van der Waals surface area contributed by atoms with Gasteiger partial charge in [-0.3, -0.25) is 0 Å². The van der Waals surface area contributed by atoms with E-state index in [0.717, 1.165) is 18.2 Å². The Morgan fingerprint density at radius 3 is 2.67 bits per heavy atom. The lowest BCUT2D eigenvalue weighted by atomic mass is 10.0. The Morgan fingerprint density at radius 2 is 1.94 bits per heavy atom. The molecule has 0 fully saturated rings. The molecule has 6 heteroatoms. The number of rotatable bonds is 2. The minimum atomic E-state index is -1.42. The number of hydrogen-bond acceptors (Lipinski definition) is 3. The van der Waals surface area contributed by atoms with Crippen LogP contribution in [-0.4, -0.2) is 10.1 Å². The van der Waals surface area contributed by atoms with Crippen LogP contribution in [0.5, 0.6) is 0 Å². The summed E-state index contributed by atoms with van der Waals surface area (Å²) in [6.07, 6.45) is -0.124. The number of nitrogens with two attached hydrogens (primary N) is 1. The van der Waals surface area contributed by atoms with Crippen LogP contribution >= 0.6 is 11.6 Å². The van der Waals surface area contributed by atoms with Crippen LogP contribution in [0.25, 0.3) is 0 Å². The molecule has 3 nitrogen and oxygen atoms in total. The van der Waals surface area contributed by atoms with E-state index < -0.39 is 17.7 Å². The monoisotopic (exact) mass is 270 g/mol. The largest absolute Gasteiger partial charge is 0.383 e. The average molecular weight is 271 g/mol. The lowest BCUT2D eigenvalue weighted by Gasteiger charge is -2.14. The molecule has 0 amide bonds. The topological polar surface area (TPSA) is 59.1 Å². The highest BCUT2D eigenvalue weighted by molar-refractivity contribution is 6.30. The van der Waals surface area contributed by atoms with Crippen molar-refractivity contribution in [3.8, 4) is 0 Å². The van der Waals surface area contributed by atoms with Crippen molar-refractivity contribution in [3.63, 3.8) is 0 Å². The zero-order chi connectivity index (χ0) is 13.3. The molecule has 1 unspecified atom stereocenters. The van der Waals surface area contributed by atoms with E-state index in [9.17, 15) is 13.9 Å². The number of aliphatic hydroxyl groups is 1. The highest BCUT2D eigenvalue weighted by Crippen LogP contribution is 2.29. The molecular formula is C12H9ClF2N2O. The van der Waals surface area contributed by atoms with Gasteiger partial charge in [0.15, 0.2) is 0 Å². The van der Waals surface area contributed by atoms with E-state index >= 15 is 0 Å². The number of halogens is 3. The third kappa shape index (κ3) is 2.42. The van der Waals surface area contributed by atoms with Crippen LogP contribution in [0.2, 0.25) is 5.02 Å². The summed E-state index contributed by atoms with van der Waals surface area (Å²) < 4.78 is 26.6. The van der Waals surface area contributed by atoms with Crippen molar-refractivity contribution in [2.75, 3.05) is 5.73 Å². The summed E-state index contributed by atoms with van der Waals surface area (Å²) in [6.45, 7) is 0. The molecule has 2 rings (SSSR count). The quantitative estimate of drug-likeness (QED) is 0.882. The van der Waals surface area contributed by atoms with Gasteiger partial charge in [-0.15, -0.1) is 0 Å². The Kier molecular flexibility index (Phi) is 3.45. The first-order valence-corrected chi connectivity index (χ1v) is 5.41. The molecule has 94 valence electrons.